The van der Waals surface area contributed by atoms with Crippen molar-refractivity contribution >= 4 is 38.9 Å². The maximum Gasteiger partial charge on any atom is 0.337 e. The van der Waals surface area contributed by atoms with Crippen LogP contribution in [-0.4, -0.2) is 25.7 Å². The van der Waals surface area contributed by atoms with E-state index in [2.05, 4.69) is 5.32 Å². The van der Waals surface area contributed by atoms with Crippen LogP contribution in [0.25, 0.3) is 0 Å². The van der Waals surface area contributed by atoms with Crippen LogP contribution in [0.5, 0.6) is 0 Å². The van der Waals surface area contributed by atoms with Gasteiger partial charge in [0.1, 0.15) is 0 Å². The number of hydrogen-bond acceptors (Lipinski definition) is 5. The van der Waals surface area contributed by atoms with Crippen molar-refractivity contribution in [3.05, 3.63) is 42.0 Å². The second kappa shape index (κ2) is 4.78. The summed E-state index contributed by atoms with van der Waals surface area (Å²) in [7, 11) is -3.31. The second-order valence-corrected chi connectivity index (χ2v) is 7.74. The minimum absolute atomic E-state index is 0.162. The molecule has 0 bridgehead atoms. The van der Waals surface area contributed by atoms with E-state index >= 15 is 0 Å². The summed E-state index contributed by atoms with van der Waals surface area (Å²) in [5.41, 5.74) is 1.26. The molecule has 2 N–H and O–H groups in total. The van der Waals surface area contributed by atoms with E-state index in [9.17, 15) is 18.3 Å². The smallest absolute Gasteiger partial charge is 0.337 e. The summed E-state index contributed by atoms with van der Waals surface area (Å²) in [6.45, 7) is 0. The Morgan fingerprint density at radius 2 is 1.95 bits per heavy atom. The van der Waals surface area contributed by atoms with Crippen LogP contribution in [-0.2, 0) is 9.84 Å². The van der Waals surface area contributed by atoms with Crippen LogP contribution in [0.3, 0.4) is 0 Å². The molecule has 1 aliphatic rings. The fourth-order valence-corrected chi connectivity index (χ4v) is 3.75. The lowest BCUT2D eigenvalue weighted by Crippen LogP contribution is -2.08. The lowest BCUT2D eigenvalue weighted by atomic mass is 10.1. The van der Waals surface area contributed by atoms with Gasteiger partial charge in [0.2, 0.25) is 0 Å². The van der Waals surface area contributed by atoms with Gasteiger partial charge in [-0.1, -0.05) is 17.8 Å². The molecular formula is C14H11NO4S2. The molecule has 0 aliphatic carbocycles. The summed E-state index contributed by atoms with van der Waals surface area (Å²) in [5.74, 6) is -1.03. The monoisotopic (exact) mass is 321 g/mol. The van der Waals surface area contributed by atoms with Crippen LogP contribution in [0, 0.1) is 0 Å². The zero-order valence-corrected chi connectivity index (χ0v) is 12.6. The molecule has 0 amide bonds. The van der Waals surface area contributed by atoms with Gasteiger partial charge >= 0.3 is 5.97 Å². The standard InChI is InChI=1S/C14H11NO4S2/c1-21(18,19)8-5-6-11-10(7-8)15-13-9(14(16)17)3-2-4-12(13)20-11/h2-7,15H,1H3,(H,16,17). The Hall–Kier alpha value is -1.99. The summed E-state index contributed by atoms with van der Waals surface area (Å²) >= 11 is 1.41. The molecular weight excluding hydrogens is 310 g/mol. The Morgan fingerprint density at radius 1 is 1.19 bits per heavy atom. The van der Waals surface area contributed by atoms with E-state index in [0.29, 0.717) is 11.4 Å². The van der Waals surface area contributed by atoms with Gasteiger partial charge in [-0.2, -0.15) is 0 Å². The third-order valence-electron chi connectivity index (χ3n) is 3.12. The quantitative estimate of drug-likeness (QED) is 0.755. The number of sulfone groups is 1. The van der Waals surface area contributed by atoms with Gasteiger partial charge in [0.25, 0.3) is 0 Å². The number of fused-ring (bicyclic) bond motifs is 2. The zero-order valence-electron chi connectivity index (χ0n) is 11.0. The molecule has 1 heterocycles. The normalized spacial score (nSPS) is 13.0. The van der Waals surface area contributed by atoms with Gasteiger partial charge in [-0.3, -0.25) is 0 Å². The highest BCUT2D eigenvalue weighted by atomic mass is 32.2. The first-order valence-corrected chi connectivity index (χ1v) is 8.72. The molecule has 0 saturated heterocycles. The van der Waals surface area contributed by atoms with Crippen LogP contribution < -0.4 is 5.32 Å². The Kier molecular flexibility index (Phi) is 3.18. The Bertz CT molecular complexity index is 859. The molecule has 0 radical (unpaired) electrons. The molecule has 0 spiro atoms. The summed E-state index contributed by atoms with van der Waals surface area (Å²) in [4.78, 5) is 13.1. The number of para-hydroxylation sites is 1. The van der Waals surface area contributed by atoms with Crippen molar-refractivity contribution in [1.29, 1.82) is 0 Å². The molecule has 0 saturated carbocycles. The van der Waals surface area contributed by atoms with E-state index in [0.717, 1.165) is 16.0 Å². The van der Waals surface area contributed by atoms with Gasteiger partial charge in [0.15, 0.2) is 9.84 Å². The van der Waals surface area contributed by atoms with E-state index in [1.54, 1.807) is 18.2 Å². The molecule has 0 fully saturated rings. The molecule has 1 aliphatic heterocycles. The van der Waals surface area contributed by atoms with E-state index in [1.165, 1.54) is 23.9 Å². The van der Waals surface area contributed by atoms with Crippen molar-refractivity contribution in [2.45, 2.75) is 14.7 Å². The van der Waals surface area contributed by atoms with Crippen LogP contribution in [0.15, 0.2) is 51.1 Å². The number of carboxylic acids is 1. The van der Waals surface area contributed by atoms with Crippen LogP contribution in [0.4, 0.5) is 11.4 Å². The van der Waals surface area contributed by atoms with Crippen molar-refractivity contribution in [2.75, 3.05) is 11.6 Å². The summed E-state index contributed by atoms with van der Waals surface area (Å²) in [6, 6.07) is 9.83. The molecule has 0 atom stereocenters. The number of nitrogens with one attached hydrogen (secondary N) is 1. The van der Waals surface area contributed by atoms with Crippen molar-refractivity contribution < 1.29 is 18.3 Å². The number of rotatable bonds is 2. The maximum absolute atomic E-state index is 11.6. The summed E-state index contributed by atoms with van der Waals surface area (Å²) < 4.78 is 23.2. The van der Waals surface area contributed by atoms with E-state index in [1.807, 2.05) is 6.07 Å². The third kappa shape index (κ3) is 2.50. The molecule has 0 aromatic heterocycles. The largest absolute Gasteiger partial charge is 0.478 e. The molecule has 108 valence electrons. The lowest BCUT2D eigenvalue weighted by Gasteiger charge is -2.22. The van der Waals surface area contributed by atoms with Crippen LogP contribution in [0.2, 0.25) is 0 Å². The SMILES string of the molecule is CS(=O)(=O)c1ccc2c(c1)Nc1c(cccc1C(=O)O)S2. The number of benzene rings is 2. The summed E-state index contributed by atoms with van der Waals surface area (Å²) in [5, 5.41) is 12.3. The first kappa shape index (κ1) is 14.0. The summed E-state index contributed by atoms with van der Waals surface area (Å²) in [6.07, 6.45) is 1.14. The van der Waals surface area contributed by atoms with Crippen molar-refractivity contribution in [3.63, 3.8) is 0 Å². The molecule has 3 rings (SSSR count). The number of carbonyl (C=O) groups is 1. The second-order valence-electron chi connectivity index (χ2n) is 4.64. The van der Waals surface area contributed by atoms with Crippen molar-refractivity contribution in [3.8, 4) is 0 Å². The first-order valence-electron chi connectivity index (χ1n) is 6.01. The Labute approximate surface area is 125 Å². The minimum Gasteiger partial charge on any atom is -0.478 e. The van der Waals surface area contributed by atoms with E-state index < -0.39 is 15.8 Å². The third-order valence-corrected chi connectivity index (χ3v) is 5.36. The molecule has 7 heteroatoms. The van der Waals surface area contributed by atoms with E-state index in [-0.39, 0.29) is 10.5 Å². The molecule has 21 heavy (non-hydrogen) atoms. The van der Waals surface area contributed by atoms with Crippen LogP contribution >= 0.6 is 11.8 Å². The Morgan fingerprint density at radius 3 is 2.62 bits per heavy atom. The van der Waals surface area contributed by atoms with E-state index in [4.69, 9.17) is 0 Å². The highest BCUT2D eigenvalue weighted by molar-refractivity contribution is 7.99. The molecule has 5 nitrogen and oxygen atoms in total. The zero-order chi connectivity index (χ0) is 15.2. The highest BCUT2D eigenvalue weighted by Crippen LogP contribution is 2.46. The van der Waals surface area contributed by atoms with Gasteiger partial charge in [0, 0.05) is 16.0 Å². The number of anilines is 2. The van der Waals surface area contributed by atoms with Gasteiger partial charge in [-0.15, -0.1) is 0 Å². The number of aromatic carboxylic acids is 1. The number of hydrogen-bond donors (Lipinski definition) is 2. The van der Waals surface area contributed by atoms with Crippen molar-refractivity contribution in [2.24, 2.45) is 0 Å². The highest BCUT2D eigenvalue weighted by Gasteiger charge is 2.22. The predicted molar refractivity (Wildman–Crippen MR) is 80.4 cm³/mol. The predicted octanol–water partition coefficient (Wildman–Crippen LogP) is 3.00. The van der Waals surface area contributed by atoms with Gasteiger partial charge < -0.3 is 10.4 Å². The first-order chi connectivity index (χ1) is 9.86. The van der Waals surface area contributed by atoms with Gasteiger partial charge in [-0.05, 0) is 30.3 Å². The molecule has 0 unspecified atom stereocenters. The van der Waals surface area contributed by atoms with Crippen LogP contribution in [0.1, 0.15) is 10.4 Å². The topological polar surface area (TPSA) is 83.5 Å². The fraction of sp³-hybridized carbons (Fsp3) is 0.0714. The molecule has 2 aromatic rings. The number of carboxylic acid groups (broad SMARTS) is 1. The lowest BCUT2D eigenvalue weighted by molar-refractivity contribution is 0.0697. The minimum atomic E-state index is -3.31. The fourth-order valence-electron chi connectivity index (χ4n) is 2.10. The molecule has 2 aromatic carbocycles. The Balaban J connectivity index is 2.12. The van der Waals surface area contributed by atoms with Gasteiger partial charge in [0.05, 0.1) is 21.8 Å². The van der Waals surface area contributed by atoms with Crippen molar-refractivity contribution in [1.82, 2.24) is 0 Å². The van der Waals surface area contributed by atoms with Gasteiger partial charge in [-0.25, -0.2) is 13.2 Å². The average molecular weight is 321 g/mol. The maximum atomic E-state index is 11.6. The average Bonchev–Trinajstić information content (AvgIpc) is 2.42.